The minimum absolute atomic E-state index is 0.336. The molecule has 0 aliphatic carbocycles. The highest BCUT2D eigenvalue weighted by atomic mass is 19.4. The van der Waals surface area contributed by atoms with Crippen LogP contribution in [0.1, 0.15) is 33.6 Å². The Morgan fingerprint density at radius 3 is 2.31 bits per heavy atom. The topological polar surface area (TPSA) is 9.23 Å². The minimum Gasteiger partial charge on any atom is -0.491 e. The second-order valence-corrected chi connectivity index (χ2v) is 3.49. The highest BCUT2D eigenvalue weighted by Crippen LogP contribution is 2.30. The number of hydrogen-bond donors (Lipinski definition) is 0. The quantitative estimate of drug-likeness (QED) is 0.754. The van der Waals surface area contributed by atoms with Gasteiger partial charge in [0, 0.05) is 1.37 Å². The molecule has 0 N–H and O–H groups in total. The Bertz CT molecular complexity index is 348. The lowest BCUT2D eigenvalue weighted by Crippen LogP contribution is -2.11. The molecule has 0 aromatic heterocycles. The molecule has 0 aliphatic heterocycles. The molecule has 16 heavy (non-hydrogen) atoms. The smallest absolute Gasteiger partial charge is 0.416 e. The first-order valence-corrected chi connectivity index (χ1v) is 5.10. The van der Waals surface area contributed by atoms with Crippen molar-refractivity contribution in [2.45, 2.75) is 38.9 Å². The Morgan fingerprint density at radius 1 is 1.31 bits per heavy atom. The van der Waals surface area contributed by atoms with Crippen LogP contribution in [0.4, 0.5) is 13.2 Å². The molecule has 0 unspecified atom stereocenters. The van der Waals surface area contributed by atoms with E-state index < -0.39 is 11.7 Å². The minimum atomic E-state index is -4.33. The van der Waals surface area contributed by atoms with Crippen LogP contribution in [0.15, 0.2) is 24.3 Å². The fourth-order valence-electron chi connectivity index (χ4n) is 1.32. The summed E-state index contributed by atoms with van der Waals surface area (Å²) in [6, 6.07) is 4.52. The Balaban J connectivity index is 2.69. The van der Waals surface area contributed by atoms with E-state index in [0.29, 0.717) is 12.2 Å². The summed E-state index contributed by atoms with van der Waals surface area (Å²) in [5.74, 6) is 0.358. The average molecular weight is 233 g/mol. The van der Waals surface area contributed by atoms with Gasteiger partial charge < -0.3 is 4.74 Å². The lowest BCUT2D eigenvalue weighted by molar-refractivity contribution is -0.137. The Morgan fingerprint density at radius 2 is 1.88 bits per heavy atom. The van der Waals surface area contributed by atoms with Gasteiger partial charge in [-0.1, -0.05) is 13.3 Å². The Kier molecular flexibility index (Phi) is 3.70. The summed E-state index contributed by atoms with van der Waals surface area (Å²) in [5.41, 5.74) is -0.699. The molecule has 1 aromatic carbocycles. The van der Waals surface area contributed by atoms with E-state index >= 15 is 0 Å². The standard InChI is InChI=1S/C12H15F3O/c1-3-4-9(2)16-11-7-5-10(6-8-11)12(13,14)15/h5-9H,3-4H2,1-2H3/t9-/m1/s1/i4D/t4-,9-. The molecule has 0 bridgehead atoms. The normalized spacial score (nSPS) is 16.4. The molecule has 0 aliphatic rings. The molecule has 90 valence electrons. The maximum Gasteiger partial charge on any atom is 0.416 e. The van der Waals surface area contributed by atoms with Crippen molar-refractivity contribution in [2.75, 3.05) is 0 Å². The molecule has 0 heterocycles. The number of alkyl halides is 3. The van der Waals surface area contributed by atoms with Gasteiger partial charge in [-0.15, -0.1) is 0 Å². The summed E-state index contributed by atoms with van der Waals surface area (Å²) in [7, 11) is 0. The first kappa shape index (κ1) is 11.3. The van der Waals surface area contributed by atoms with Crippen LogP contribution in [0.3, 0.4) is 0 Å². The van der Waals surface area contributed by atoms with Gasteiger partial charge >= 0.3 is 6.18 Å². The van der Waals surface area contributed by atoms with Crippen LogP contribution in [-0.2, 0) is 6.18 Å². The predicted molar refractivity (Wildman–Crippen MR) is 56.4 cm³/mol. The number of benzene rings is 1. The highest BCUT2D eigenvalue weighted by molar-refractivity contribution is 5.28. The third kappa shape index (κ3) is 3.76. The van der Waals surface area contributed by atoms with Gasteiger partial charge in [0.2, 0.25) is 0 Å². The van der Waals surface area contributed by atoms with Gasteiger partial charge in [0.25, 0.3) is 0 Å². The largest absolute Gasteiger partial charge is 0.491 e. The second kappa shape index (κ2) is 5.23. The zero-order valence-electron chi connectivity index (χ0n) is 10.2. The van der Waals surface area contributed by atoms with Crippen molar-refractivity contribution in [3.63, 3.8) is 0 Å². The molecule has 4 heteroatoms. The van der Waals surface area contributed by atoms with E-state index in [1.54, 1.807) is 6.92 Å². The third-order valence-electron chi connectivity index (χ3n) is 2.07. The van der Waals surface area contributed by atoms with Crippen molar-refractivity contribution in [2.24, 2.45) is 0 Å². The Hall–Kier alpha value is -1.19. The maximum atomic E-state index is 12.3. The molecule has 2 atom stereocenters. The first-order valence-electron chi connectivity index (χ1n) is 5.68. The van der Waals surface area contributed by atoms with E-state index in [4.69, 9.17) is 6.11 Å². The fraction of sp³-hybridized carbons (Fsp3) is 0.500. The molecular formula is C12H15F3O. The van der Waals surface area contributed by atoms with Gasteiger partial charge in [0.1, 0.15) is 5.75 Å². The summed E-state index contributed by atoms with van der Waals surface area (Å²) in [5, 5.41) is 0. The summed E-state index contributed by atoms with van der Waals surface area (Å²) < 4.78 is 49.9. The van der Waals surface area contributed by atoms with Gasteiger partial charge in [-0.3, -0.25) is 0 Å². The SMILES string of the molecule is [2H][C@H](CC)[C@@H](C)Oc1ccc(C(F)(F)F)cc1. The lowest BCUT2D eigenvalue weighted by Gasteiger charge is -2.14. The average Bonchev–Trinajstić information content (AvgIpc) is 2.27. The van der Waals surface area contributed by atoms with E-state index in [2.05, 4.69) is 0 Å². The molecule has 1 rings (SSSR count). The van der Waals surface area contributed by atoms with Gasteiger partial charge in [-0.2, -0.15) is 13.2 Å². The zero-order valence-corrected chi connectivity index (χ0v) is 9.21. The number of halogens is 3. The van der Waals surface area contributed by atoms with Gasteiger partial charge in [-0.05, 0) is 37.6 Å². The monoisotopic (exact) mass is 233 g/mol. The maximum absolute atomic E-state index is 12.3. The molecule has 0 spiro atoms. The van der Waals surface area contributed by atoms with Crippen LogP contribution in [0.5, 0.6) is 5.75 Å². The molecule has 0 fully saturated rings. The van der Waals surface area contributed by atoms with Gasteiger partial charge in [0.05, 0.1) is 11.7 Å². The lowest BCUT2D eigenvalue weighted by atomic mass is 10.2. The van der Waals surface area contributed by atoms with Crippen molar-refractivity contribution in [3.8, 4) is 5.75 Å². The van der Waals surface area contributed by atoms with E-state index in [-0.39, 0.29) is 12.5 Å². The molecule has 1 aromatic rings. The summed E-state index contributed by atoms with van der Waals surface area (Å²) >= 11 is 0. The zero-order chi connectivity index (χ0) is 13.1. The first-order chi connectivity index (χ1) is 7.84. The molecule has 0 saturated carbocycles. The van der Waals surface area contributed by atoms with Crippen LogP contribution < -0.4 is 4.74 Å². The van der Waals surface area contributed by atoms with E-state index in [1.165, 1.54) is 12.1 Å². The fourth-order valence-corrected chi connectivity index (χ4v) is 1.32. The molecular weight excluding hydrogens is 217 g/mol. The second-order valence-electron chi connectivity index (χ2n) is 3.49. The number of hydrogen-bond acceptors (Lipinski definition) is 1. The number of rotatable bonds is 4. The summed E-state index contributed by atoms with van der Waals surface area (Å²) in [6.07, 6.45) is -4.40. The van der Waals surface area contributed by atoms with Crippen molar-refractivity contribution < 1.29 is 19.3 Å². The summed E-state index contributed by atoms with van der Waals surface area (Å²) in [4.78, 5) is 0. The third-order valence-corrected chi connectivity index (χ3v) is 2.07. The van der Waals surface area contributed by atoms with Crippen LogP contribution in [0.2, 0.25) is 0 Å². The van der Waals surface area contributed by atoms with E-state index in [0.717, 1.165) is 12.1 Å². The predicted octanol–water partition coefficient (Wildman–Crippen LogP) is 4.27. The molecule has 0 radical (unpaired) electrons. The van der Waals surface area contributed by atoms with Crippen molar-refractivity contribution in [1.82, 2.24) is 0 Å². The molecule has 0 amide bonds. The van der Waals surface area contributed by atoms with Crippen molar-refractivity contribution >= 4 is 0 Å². The van der Waals surface area contributed by atoms with Gasteiger partial charge in [-0.25, -0.2) is 0 Å². The number of ether oxygens (including phenoxy) is 1. The molecule has 0 saturated heterocycles. The van der Waals surface area contributed by atoms with E-state index in [1.807, 2.05) is 6.92 Å². The Labute approximate surface area is 94.6 Å². The van der Waals surface area contributed by atoms with Crippen LogP contribution in [-0.4, -0.2) is 6.10 Å². The van der Waals surface area contributed by atoms with E-state index in [9.17, 15) is 13.2 Å². The van der Waals surface area contributed by atoms with Crippen molar-refractivity contribution in [1.29, 1.82) is 0 Å². The summed E-state index contributed by atoms with van der Waals surface area (Å²) in [6.45, 7) is 3.60. The highest BCUT2D eigenvalue weighted by Gasteiger charge is 2.30. The molecule has 1 nitrogen and oxygen atoms in total. The van der Waals surface area contributed by atoms with Crippen LogP contribution >= 0.6 is 0 Å². The van der Waals surface area contributed by atoms with Crippen LogP contribution in [0.25, 0.3) is 0 Å². The van der Waals surface area contributed by atoms with Crippen molar-refractivity contribution in [3.05, 3.63) is 29.8 Å². The van der Waals surface area contributed by atoms with Gasteiger partial charge in [0.15, 0.2) is 0 Å². The van der Waals surface area contributed by atoms with Crippen LogP contribution in [0, 0.1) is 0 Å².